The van der Waals surface area contributed by atoms with Gasteiger partial charge in [0.15, 0.2) is 0 Å². The van der Waals surface area contributed by atoms with Gasteiger partial charge in [0.1, 0.15) is 5.78 Å². The zero-order chi connectivity index (χ0) is 14.0. The fraction of sp³-hybridized carbons (Fsp3) is 0.944. The Morgan fingerprint density at radius 2 is 1.95 bits per heavy atom. The quantitative estimate of drug-likeness (QED) is 0.664. The monoisotopic (exact) mass is 264 g/mol. The third-order valence-electron chi connectivity index (χ3n) is 6.06. The standard InChI is InChI=1S/C18H32O/c1-13(2)7-5-8-14(3)15-10-11-16-17(19)9-6-12-18(15,16)4/h13-16H,5-12H2,1-4H3/t14-,15?,16+,18?/m1/s1. The fourth-order valence-electron chi connectivity index (χ4n) is 4.95. The van der Waals surface area contributed by atoms with Crippen molar-refractivity contribution in [3.05, 3.63) is 0 Å². The van der Waals surface area contributed by atoms with E-state index in [4.69, 9.17) is 0 Å². The summed E-state index contributed by atoms with van der Waals surface area (Å²) in [5.74, 6) is 3.41. The second kappa shape index (κ2) is 5.97. The number of ketones is 1. The Morgan fingerprint density at radius 1 is 1.21 bits per heavy atom. The average Bonchev–Trinajstić information content (AvgIpc) is 2.67. The van der Waals surface area contributed by atoms with Crippen molar-refractivity contribution in [3.63, 3.8) is 0 Å². The summed E-state index contributed by atoms with van der Waals surface area (Å²) in [6.07, 6.45) is 9.85. The molecule has 19 heavy (non-hydrogen) atoms. The van der Waals surface area contributed by atoms with Crippen LogP contribution in [0, 0.1) is 29.1 Å². The minimum absolute atomic E-state index is 0.340. The first-order valence-electron chi connectivity index (χ1n) is 8.48. The Kier molecular flexibility index (Phi) is 4.74. The normalized spacial score (nSPS) is 36.6. The molecular weight excluding hydrogens is 232 g/mol. The second-order valence-corrected chi connectivity index (χ2v) is 7.86. The van der Waals surface area contributed by atoms with E-state index in [0.717, 1.165) is 30.6 Å². The van der Waals surface area contributed by atoms with Crippen LogP contribution in [0.2, 0.25) is 0 Å². The molecular formula is C18H32O. The summed E-state index contributed by atoms with van der Waals surface area (Å²) >= 11 is 0. The smallest absolute Gasteiger partial charge is 0.136 e. The van der Waals surface area contributed by atoms with Crippen LogP contribution in [0.4, 0.5) is 0 Å². The zero-order valence-corrected chi connectivity index (χ0v) is 13.4. The highest BCUT2D eigenvalue weighted by Gasteiger charge is 2.52. The van der Waals surface area contributed by atoms with Gasteiger partial charge in [-0.15, -0.1) is 0 Å². The van der Waals surface area contributed by atoms with Gasteiger partial charge in [-0.2, -0.15) is 0 Å². The highest BCUT2D eigenvalue weighted by atomic mass is 16.1. The molecule has 0 aromatic carbocycles. The van der Waals surface area contributed by atoms with Crippen molar-refractivity contribution in [1.29, 1.82) is 0 Å². The van der Waals surface area contributed by atoms with E-state index in [9.17, 15) is 4.79 Å². The molecule has 2 rings (SSSR count). The maximum atomic E-state index is 12.2. The molecule has 1 nitrogen and oxygen atoms in total. The lowest BCUT2D eigenvalue weighted by Gasteiger charge is -2.42. The number of carbonyl (C=O) groups excluding carboxylic acids is 1. The van der Waals surface area contributed by atoms with Crippen molar-refractivity contribution in [1.82, 2.24) is 0 Å². The van der Waals surface area contributed by atoms with E-state index in [1.807, 2.05) is 0 Å². The van der Waals surface area contributed by atoms with Crippen LogP contribution in [0.3, 0.4) is 0 Å². The second-order valence-electron chi connectivity index (χ2n) is 7.86. The molecule has 2 saturated carbocycles. The van der Waals surface area contributed by atoms with E-state index >= 15 is 0 Å². The Balaban J connectivity index is 1.95. The Morgan fingerprint density at radius 3 is 2.63 bits per heavy atom. The molecule has 0 saturated heterocycles. The van der Waals surface area contributed by atoms with Crippen LogP contribution in [-0.4, -0.2) is 5.78 Å². The Labute approximate surface area is 119 Å². The van der Waals surface area contributed by atoms with Crippen molar-refractivity contribution in [2.45, 2.75) is 79.1 Å². The summed E-state index contributed by atoms with van der Waals surface area (Å²) in [6, 6.07) is 0. The largest absolute Gasteiger partial charge is 0.299 e. The van der Waals surface area contributed by atoms with Gasteiger partial charge in [-0.1, -0.05) is 47.0 Å². The third-order valence-corrected chi connectivity index (χ3v) is 6.06. The highest BCUT2D eigenvalue weighted by molar-refractivity contribution is 5.83. The fourth-order valence-corrected chi connectivity index (χ4v) is 4.95. The molecule has 2 aliphatic rings. The van der Waals surface area contributed by atoms with Gasteiger partial charge in [-0.05, 0) is 48.9 Å². The number of Topliss-reactive ketones (excluding diaryl/α,β-unsaturated/α-hetero) is 1. The first-order valence-corrected chi connectivity index (χ1v) is 8.48. The minimum Gasteiger partial charge on any atom is -0.299 e. The Bertz CT molecular complexity index is 320. The van der Waals surface area contributed by atoms with Crippen molar-refractivity contribution in [3.8, 4) is 0 Å². The maximum Gasteiger partial charge on any atom is 0.136 e. The van der Waals surface area contributed by atoms with Crippen LogP contribution < -0.4 is 0 Å². The van der Waals surface area contributed by atoms with Crippen LogP contribution in [0.15, 0.2) is 0 Å². The van der Waals surface area contributed by atoms with Gasteiger partial charge in [0.2, 0.25) is 0 Å². The summed E-state index contributed by atoms with van der Waals surface area (Å²) in [5.41, 5.74) is 0.340. The molecule has 0 aromatic heterocycles. The van der Waals surface area contributed by atoms with E-state index in [-0.39, 0.29) is 0 Å². The molecule has 0 aromatic rings. The molecule has 2 aliphatic carbocycles. The van der Waals surface area contributed by atoms with Gasteiger partial charge in [0.05, 0.1) is 0 Å². The van der Waals surface area contributed by atoms with Gasteiger partial charge in [-0.25, -0.2) is 0 Å². The molecule has 2 fully saturated rings. The van der Waals surface area contributed by atoms with Crippen molar-refractivity contribution < 1.29 is 4.79 Å². The first-order chi connectivity index (χ1) is 8.95. The predicted molar refractivity (Wildman–Crippen MR) is 81.0 cm³/mol. The van der Waals surface area contributed by atoms with Gasteiger partial charge in [0.25, 0.3) is 0 Å². The van der Waals surface area contributed by atoms with Gasteiger partial charge in [0, 0.05) is 12.3 Å². The van der Waals surface area contributed by atoms with E-state index in [2.05, 4.69) is 27.7 Å². The van der Waals surface area contributed by atoms with Gasteiger partial charge in [-0.3, -0.25) is 4.79 Å². The molecule has 0 bridgehead atoms. The molecule has 110 valence electrons. The van der Waals surface area contributed by atoms with Gasteiger partial charge < -0.3 is 0 Å². The molecule has 0 heterocycles. The summed E-state index contributed by atoms with van der Waals surface area (Å²) < 4.78 is 0. The lowest BCUT2D eigenvalue weighted by Crippen LogP contribution is -2.39. The van der Waals surface area contributed by atoms with Crippen molar-refractivity contribution in [2.75, 3.05) is 0 Å². The molecule has 0 aliphatic heterocycles. The van der Waals surface area contributed by atoms with Crippen LogP contribution in [0.25, 0.3) is 0 Å². The van der Waals surface area contributed by atoms with E-state index in [0.29, 0.717) is 17.1 Å². The van der Waals surface area contributed by atoms with Crippen LogP contribution in [0.5, 0.6) is 0 Å². The van der Waals surface area contributed by atoms with E-state index in [1.54, 1.807) is 0 Å². The number of carbonyl (C=O) groups is 1. The van der Waals surface area contributed by atoms with Crippen molar-refractivity contribution in [2.24, 2.45) is 29.1 Å². The zero-order valence-electron chi connectivity index (χ0n) is 13.4. The van der Waals surface area contributed by atoms with E-state index < -0.39 is 0 Å². The maximum absolute atomic E-state index is 12.2. The third kappa shape index (κ3) is 3.06. The lowest BCUT2D eigenvalue weighted by atomic mass is 9.62. The summed E-state index contributed by atoms with van der Waals surface area (Å²) in [7, 11) is 0. The topological polar surface area (TPSA) is 17.1 Å². The minimum atomic E-state index is 0.340. The molecule has 0 radical (unpaired) electrons. The van der Waals surface area contributed by atoms with Crippen LogP contribution >= 0.6 is 0 Å². The van der Waals surface area contributed by atoms with Crippen LogP contribution in [0.1, 0.15) is 79.1 Å². The summed E-state index contributed by atoms with van der Waals surface area (Å²) in [6.45, 7) is 9.50. The number of hydrogen-bond acceptors (Lipinski definition) is 1. The molecule has 0 amide bonds. The molecule has 2 unspecified atom stereocenters. The van der Waals surface area contributed by atoms with E-state index in [1.165, 1.54) is 38.5 Å². The number of fused-ring (bicyclic) bond motifs is 1. The summed E-state index contributed by atoms with van der Waals surface area (Å²) in [5, 5.41) is 0. The molecule has 0 N–H and O–H groups in total. The number of rotatable bonds is 5. The highest BCUT2D eigenvalue weighted by Crippen LogP contribution is 2.57. The lowest BCUT2D eigenvalue weighted by molar-refractivity contribution is -0.130. The molecule has 4 atom stereocenters. The molecule has 1 heteroatoms. The first kappa shape index (κ1) is 15.1. The average molecular weight is 264 g/mol. The molecule has 0 spiro atoms. The van der Waals surface area contributed by atoms with Crippen molar-refractivity contribution >= 4 is 5.78 Å². The predicted octanol–water partition coefficient (Wildman–Crippen LogP) is 5.23. The van der Waals surface area contributed by atoms with Crippen LogP contribution in [-0.2, 0) is 4.79 Å². The summed E-state index contributed by atoms with van der Waals surface area (Å²) in [4.78, 5) is 12.2. The number of hydrogen-bond donors (Lipinski definition) is 0. The SMILES string of the molecule is CC(C)CCC[C@@H](C)C1CC[C@H]2C(=O)CCCC12C. The van der Waals surface area contributed by atoms with Gasteiger partial charge >= 0.3 is 0 Å². The Hall–Kier alpha value is -0.330.